The molecule has 1 aliphatic heterocycles. The predicted molar refractivity (Wildman–Crippen MR) is 67.2 cm³/mol. The van der Waals surface area contributed by atoms with E-state index in [0.29, 0.717) is 0 Å². The monoisotopic (exact) mass is 212 g/mol. The summed E-state index contributed by atoms with van der Waals surface area (Å²) in [6, 6.07) is 0. The summed E-state index contributed by atoms with van der Waals surface area (Å²) in [4.78, 5) is 5.19. The first-order valence-electron chi connectivity index (χ1n) is 6.74. The van der Waals surface area contributed by atoms with Crippen molar-refractivity contribution in [3.8, 4) is 0 Å². The molecule has 0 unspecified atom stereocenters. The van der Waals surface area contributed by atoms with Gasteiger partial charge in [0.15, 0.2) is 0 Å². The zero-order chi connectivity index (χ0) is 11.1. The van der Waals surface area contributed by atoms with Crippen LogP contribution in [0.2, 0.25) is 0 Å². The Kier molecular flexibility index (Phi) is 6.26. The lowest BCUT2D eigenvalue weighted by molar-refractivity contribution is 0.148. The molecular weight excluding hydrogens is 184 g/mol. The minimum Gasteiger partial charge on any atom is -0.304 e. The molecule has 0 spiro atoms. The van der Waals surface area contributed by atoms with Crippen molar-refractivity contribution in [2.45, 2.75) is 40.0 Å². The Morgan fingerprint density at radius 3 is 2.13 bits per heavy atom. The first-order valence-corrected chi connectivity index (χ1v) is 6.74. The maximum Gasteiger partial charge on any atom is 0.00104 e. The van der Waals surface area contributed by atoms with Gasteiger partial charge in [-0.3, -0.25) is 0 Å². The van der Waals surface area contributed by atoms with Crippen LogP contribution in [0.4, 0.5) is 0 Å². The fourth-order valence-corrected chi connectivity index (χ4v) is 2.56. The third kappa shape index (κ3) is 4.52. The number of hydrogen-bond acceptors (Lipinski definition) is 2. The van der Waals surface area contributed by atoms with Crippen LogP contribution in [-0.2, 0) is 0 Å². The van der Waals surface area contributed by atoms with Crippen molar-refractivity contribution in [2.24, 2.45) is 5.92 Å². The van der Waals surface area contributed by atoms with Gasteiger partial charge in [0.25, 0.3) is 0 Å². The van der Waals surface area contributed by atoms with Crippen molar-refractivity contribution in [1.29, 1.82) is 0 Å². The van der Waals surface area contributed by atoms with E-state index in [-0.39, 0.29) is 0 Å². The SMILES string of the molecule is CCCN1CCC(CN(CC)CC)CC1. The van der Waals surface area contributed by atoms with E-state index in [9.17, 15) is 0 Å². The van der Waals surface area contributed by atoms with Crippen molar-refractivity contribution in [2.75, 3.05) is 39.3 Å². The third-order valence-corrected chi connectivity index (χ3v) is 3.66. The minimum atomic E-state index is 0.956. The van der Waals surface area contributed by atoms with Gasteiger partial charge in [-0.25, -0.2) is 0 Å². The smallest absolute Gasteiger partial charge is 0.00104 e. The summed E-state index contributed by atoms with van der Waals surface area (Å²) in [6.45, 7) is 14.6. The van der Waals surface area contributed by atoms with Crippen LogP contribution in [0.5, 0.6) is 0 Å². The highest BCUT2D eigenvalue weighted by atomic mass is 15.1. The maximum atomic E-state index is 2.62. The molecule has 1 rings (SSSR count). The highest BCUT2D eigenvalue weighted by molar-refractivity contribution is 4.74. The van der Waals surface area contributed by atoms with Crippen molar-refractivity contribution in [3.05, 3.63) is 0 Å². The molecule has 0 aromatic rings. The molecule has 1 fully saturated rings. The summed E-state index contributed by atoms with van der Waals surface area (Å²) in [5, 5.41) is 0. The molecule has 2 nitrogen and oxygen atoms in total. The van der Waals surface area contributed by atoms with Gasteiger partial charge in [-0.2, -0.15) is 0 Å². The van der Waals surface area contributed by atoms with Crippen molar-refractivity contribution < 1.29 is 0 Å². The van der Waals surface area contributed by atoms with Crippen LogP contribution >= 0.6 is 0 Å². The molecule has 1 heterocycles. The van der Waals surface area contributed by atoms with Gasteiger partial charge in [0.1, 0.15) is 0 Å². The summed E-state index contributed by atoms with van der Waals surface area (Å²) in [5.41, 5.74) is 0. The van der Waals surface area contributed by atoms with E-state index in [1.165, 1.54) is 58.5 Å². The fraction of sp³-hybridized carbons (Fsp3) is 1.00. The highest BCUT2D eigenvalue weighted by Crippen LogP contribution is 2.18. The number of hydrogen-bond donors (Lipinski definition) is 0. The van der Waals surface area contributed by atoms with E-state index < -0.39 is 0 Å². The third-order valence-electron chi connectivity index (χ3n) is 3.66. The quantitative estimate of drug-likeness (QED) is 0.667. The van der Waals surface area contributed by atoms with Gasteiger partial charge < -0.3 is 9.80 Å². The Hall–Kier alpha value is -0.0800. The molecule has 15 heavy (non-hydrogen) atoms. The average Bonchev–Trinajstić information content (AvgIpc) is 2.28. The van der Waals surface area contributed by atoms with Crippen LogP contribution in [-0.4, -0.2) is 49.1 Å². The second kappa shape index (κ2) is 7.24. The van der Waals surface area contributed by atoms with Crippen LogP contribution in [0.25, 0.3) is 0 Å². The lowest BCUT2D eigenvalue weighted by atomic mass is 9.96. The standard InChI is InChI=1S/C13H28N2/c1-4-9-15-10-7-13(8-11-15)12-14(5-2)6-3/h13H,4-12H2,1-3H3. The Balaban J connectivity index is 2.19. The van der Waals surface area contributed by atoms with Gasteiger partial charge in [0.2, 0.25) is 0 Å². The van der Waals surface area contributed by atoms with Crippen molar-refractivity contribution in [1.82, 2.24) is 9.80 Å². The summed E-state index contributed by atoms with van der Waals surface area (Å²) in [5.74, 6) is 0.956. The molecule has 0 aromatic heterocycles. The Bertz CT molecular complexity index is 147. The average molecular weight is 212 g/mol. The maximum absolute atomic E-state index is 2.62. The second-order valence-corrected chi connectivity index (χ2v) is 4.77. The lowest BCUT2D eigenvalue weighted by Gasteiger charge is -2.34. The number of nitrogens with zero attached hydrogens (tertiary/aromatic N) is 2. The molecule has 1 saturated heterocycles. The topological polar surface area (TPSA) is 6.48 Å². The van der Waals surface area contributed by atoms with Crippen LogP contribution in [0, 0.1) is 5.92 Å². The van der Waals surface area contributed by atoms with Crippen molar-refractivity contribution >= 4 is 0 Å². The molecule has 0 aliphatic carbocycles. The molecule has 0 saturated carbocycles. The predicted octanol–water partition coefficient (Wildman–Crippen LogP) is 2.45. The van der Waals surface area contributed by atoms with Gasteiger partial charge in [-0.05, 0) is 57.9 Å². The Morgan fingerprint density at radius 1 is 1.07 bits per heavy atom. The summed E-state index contributed by atoms with van der Waals surface area (Å²) in [6.07, 6.45) is 4.13. The zero-order valence-corrected chi connectivity index (χ0v) is 10.8. The second-order valence-electron chi connectivity index (χ2n) is 4.77. The van der Waals surface area contributed by atoms with Gasteiger partial charge >= 0.3 is 0 Å². The highest BCUT2D eigenvalue weighted by Gasteiger charge is 2.19. The first kappa shape index (κ1) is 13.0. The Morgan fingerprint density at radius 2 is 1.67 bits per heavy atom. The summed E-state index contributed by atoms with van der Waals surface area (Å²) < 4.78 is 0. The zero-order valence-electron chi connectivity index (χ0n) is 10.8. The Labute approximate surface area is 95.6 Å². The van der Waals surface area contributed by atoms with Crippen LogP contribution in [0.15, 0.2) is 0 Å². The number of piperidine rings is 1. The van der Waals surface area contributed by atoms with Gasteiger partial charge in [0, 0.05) is 6.54 Å². The molecule has 2 heteroatoms. The van der Waals surface area contributed by atoms with Crippen molar-refractivity contribution in [3.63, 3.8) is 0 Å². The summed E-state index contributed by atoms with van der Waals surface area (Å²) in [7, 11) is 0. The van der Waals surface area contributed by atoms with E-state index in [2.05, 4.69) is 30.6 Å². The van der Waals surface area contributed by atoms with Gasteiger partial charge in [0.05, 0.1) is 0 Å². The van der Waals surface area contributed by atoms with E-state index in [1.807, 2.05) is 0 Å². The summed E-state index contributed by atoms with van der Waals surface area (Å²) >= 11 is 0. The molecule has 0 amide bonds. The van der Waals surface area contributed by atoms with Gasteiger partial charge in [-0.15, -0.1) is 0 Å². The molecule has 0 aromatic carbocycles. The normalized spacial score (nSPS) is 20.0. The minimum absolute atomic E-state index is 0.956. The van der Waals surface area contributed by atoms with E-state index in [1.54, 1.807) is 0 Å². The van der Waals surface area contributed by atoms with Crippen LogP contribution in [0.3, 0.4) is 0 Å². The fourth-order valence-electron chi connectivity index (χ4n) is 2.56. The molecule has 90 valence electrons. The molecule has 1 aliphatic rings. The lowest BCUT2D eigenvalue weighted by Crippen LogP contribution is -2.39. The number of likely N-dealkylation sites (tertiary alicyclic amines) is 1. The molecule has 0 atom stereocenters. The van der Waals surface area contributed by atoms with Gasteiger partial charge in [-0.1, -0.05) is 20.8 Å². The van der Waals surface area contributed by atoms with Crippen LogP contribution in [0.1, 0.15) is 40.0 Å². The molecule has 0 bridgehead atoms. The molecule has 0 N–H and O–H groups in total. The molecular formula is C13H28N2. The van der Waals surface area contributed by atoms with Crippen LogP contribution < -0.4 is 0 Å². The van der Waals surface area contributed by atoms with E-state index in [0.717, 1.165) is 5.92 Å². The van der Waals surface area contributed by atoms with E-state index >= 15 is 0 Å². The molecule has 0 radical (unpaired) electrons. The largest absolute Gasteiger partial charge is 0.304 e. The van der Waals surface area contributed by atoms with E-state index in [4.69, 9.17) is 0 Å². The first-order chi connectivity index (χ1) is 7.30. The number of rotatable bonds is 6.